The molecular weight excluding hydrogens is 309 g/mol. The number of ether oxygens (including phenoxy) is 2. The van der Waals surface area contributed by atoms with Crippen LogP contribution in [0.25, 0.3) is 0 Å². The summed E-state index contributed by atoms with van der Waals surface area (Å²) >= 11 is 0. The first-order valence-electron chi connectivity index (χ1n) is 7.54. The van der Waals surface area contributed by atoms with Crippen LogP contribution in [0.3, 0.4) is 0 Å². The van der Waals surface area contributed by atoms with Gasteiger partial charge in [-0.15, -0.1) is 0 Å². The van der Waals surface area contributed by atoms with Crippen LogP contribution in [0, 0.1) is 0 Å². The van der Waals surface area contributed by atoms with Gasteiger partial charge in [0.15, 0.2) is 11.5 Å². The summed E-state index contributed by atoms with van der Waals surface area (Å²) in [6, 6.07) is 15.5. The number of rotatable bonds is 7. The van der Waals surface area contributed by atoms with Crippen LogP contribution in [0.4, 0.5) is 5.69 Å². The minimum Gasteiger partial charge on any atom is -0.493 e. The van der Waals surface area contributed by atoms with Crippen molar-refractivity contribution in [3.05, 3.63) is 48.5 Å². The SMILES string of the molecule is COc1ccccc1OCCN(C)c1ccc(P(C)(C)=O)cc1. The summed E-state index contributed by atoms with van der Waals surface area (Å²) in [5.74, 6) is 1.48. The van der Waals surface area contributed by atoms with Gasteiger partial charge in [0.25, 0.3) is 0 Å². The van der Waals surface area contributed by atoms with Crippen molar-refractivity contribution in [3.8, 4) is 11.5 Å². The number of anilines is 1. The van der Waals surface area contributed by atoms with Crippen LogP contribution in [-0.2, 0) is 4.57 Å². The number of nitrogens with zero attached hydrogens (tertiary/aromatic N) is 1. The lowest BCUT2D eigenvalue weighted by Gasteiger charge is -2.20. The van der Waals surface area contributed by atoms with Gasteiger partial charge in [-0.25, -0.2) is 0 Å². The number of hydrogen-bond acceptors (Lipinski definition) is 4. The van der Waals surface area contributed by atoms with E-state index in [-0.39, 0.29) is 0 Å². The highest BCUT2D eigenvalue weighted by Crippen LogP contribution is 2.34. The lowest BCUT2D eigenvalue weighted by molar-refractivity contribution is 0.301. The lowest BCUT2D eigenvalue weighted by Crippen LogP contribution is -2.24. The Morgan fingerprint density at radius 3 is 2.17 bits per heavy atom. The maximum atomic E-state index is 12.0. The molecule has 0 radical (unpaired) electrons. The molecule has 2 rings (SSSR count). The van der Waals surface area contributed by atoms with Crippen LogP contribution >= 0.6 is 7.14 Å². The van der Waals surface area contributed by atoms with Gasteiger partial charge in [0.1, 0.15) is 13.7 Å². The van der Waals surface area contributed by atoms with E-state index in [9.17, 15) is 4.57 Å². The van der Waals surface area contributed by atoms with Crippen LogP contribution in [0.2, 0.25) is 0 Å². The zero-order valence-corrected chi connectivity index (χ0v) is 15.0. The molecule has 0 unspecified atom stereocenters. The molecule has 0 saturated carbocycles. The molecule has 2 aromatic rings. The second-order valence-corrected chi connectivity index (χ2v) is 9.01. The van der Waals surface area contributed by atoms with Crippen LogP contribution in [0.5, 0.6) is 11.5 Å². The van der Waals surface area contributed by atoms with Crippen LogP contribution in [-0.4, -0.2) is 40.6 Å². The Balaban J connectivity index is 1.92. The van der Waals surface area contributed by atoms with E-state index in [0.717, 1.165) is 29.0 Å². The predicted molar refractivity (Wildman–Crippen MR) is 97.3 cm³/mol. The largest absolute Gasteiger partial charge is 0.493 e. The predicted octanol–water partition coefficient (Wildman–Crippen LogP) is 3.46. The summed E-state index contributed by atoms with van der Waals surface area (Å²) in [6.07, 6.45) is 0. The van der Waals surface area contributed by atoms with Crippen LogP contribution < -0.4 is 19.7 Å². The Labute approximate surface area is 138 Å². The maximum Gasteiger partial charge on any atom is 0.161 e. The number of likely N-dealkylation sites (N-methyl/N-ethyl adjacent to an activating group) is 1. The molecule has 0 atom stereocenters. The maximum absolute atomic E-state index is 12.0. The van der Waals surface area contributed by atoms with Crippen molar-refractivity contribution in [1.29, 1.82) is 0 Å². The van der Waals surface area contributed by atoms with Gasteiger partial charge in [0.2, 0.25) is 0 Å². The van der Waals surface area contributed by atoms with Crippen molar-refractivity contribution >= 4 is 18.1 Å². The molecule has 5 heteroatoms. The Bertz CT molecular complexity index is 679. The molecule has 0 saturated heterocycles. The Morgan fingerprint density at radius 1 is 1.00 bits per heavy atom. The summed E-state index contributed by atoms with van der Waals surface area (Å²) in [5, 5.41) is 0.903. The molecule has 0 aliphatic heterocycles. The fourth-order valence-electron chi connectivity index (χ4n) is 2.23. The first kappa shape index (κ1) is 17.4. The smallest absolute Gasteiger partial charge is 0.161 e. The van der Waals surface area contributed by atoms with E-state index in [2.05, 4.69) is 4.90 Å². The van der Waals surface area contributed by atoms with Crippen molar-refractivity contribution in [2.24, 2.45) is 0 Å². The van der Waals surface area contributed by atoms with Gasteiger partial charge in [-0.05, 0) is 49.7 Å². The van der Waals surface area contributed by atoms with E-state index in [1.807, 2.05) is 55.6 Å². The molecule has 0 heterocycles. The highest BCUT2D eigenvalue weighted by atomic mass is 31.2. The van der Waals surface area contributed by atoms with Gasteiger partial charge in [0.05, 0.1) is 13.7 Å². The molecule has 23 heavy (non-hydrogen) atoms. The van der Waals surface area contributed by atoms with Gasteiger partial charge >= 0.3 is 0 Å². The second kappa shape index (κ2) is 7.56. The molecule has 0 aromatic heterocycles. The zero-order chi connectivity index (χ0) is 16.9. The quantitative estimate of drug-likeness (QED) is 0.728. The molecule has 2 aromatic carbocycles. The Hall–Kier alpha value is -1.93. The first-order valence-corrected chi connectivity index (χ1v) is 10.1. The second-order valence-electron chi connectivity index (χ2n) is 5.79. The Morgan fingerprint density at radius 2 is 1.61 bits per heavy atom. The van der Waals surface area contributed by atoms with Crippen molar-refractivity contribution in [1.82, 2.24) is 0 Å². The van der Waals surface area contributed by atoms with E-state index < -0.39 is 7.14 Å². The summed E-state index contributed by atoms with van der Waals surface area (Å²) in [4.78, 5) is 2.11. The Kier molecular flexibility index (Phi) is 5.73. The fourth-order valence-corrected chi connectivity index (χ4v) is 3.09. The molecule has 0 aliphatic carbocycles. The average Bonchev–Trinajstić information content (AvgIpc) is 2.54. The lowest BCUT2D eigenvalue weighted by atomic mass is 10.3. The number of hydrogen-bond donors (Lipinski definition) is 0. The average molecular weight is 333 g/mol. The molecule has 0 N–H and O–H groups in total. The van der Waals surface area contributed by atoms with Gasteiger partial charge < -0.3 is 18.9 Å². The van der Waals surface area contributed by atoms with E-state index in [1.54, 1.807) is 20.4 Å². The summed E-state index contributed by atoms with van der Waals surface area (Å²) < 4.78 is 23.1. The third-order valence-corrected chi connectivity index (χ3v) is 5.21. The van der Waals surface area contributed by atoms with Crippen molar-refractivity contribution in [3.63, 3.8) is 0 Å². The topological polar surface area (TPSA) is 38.8 Å². The molecule has 0 amide bonds. The molecule has 0 fully saturated rings. The number of benzene rings is 2. The van der Waals surface area contributed by atoms with Crippen LogP contribution in [0.15, 0.2) is 48.5 Å². The molecule has 0 bridgehead atoms. The normalized spacial score (nSPS) is 11.1. The van der Waals surface area contributed by atoms with E-state index in [1.165, 1.54) is 0 Å². The molecule has 4 nitrogen and oxygen atoms in total. The molecule has 0 aliphatic rings. The molecule has 124 valence electrons. The molecule has 0 spiro atoms. The van der Waals surface area contributed by atoms with Gasteiger partial charge in [0, 0.05) is 18.0 Å². The third-order valence-electron chi connectivity index (χ3n) is 3.67. The van der Waals surface area contributed by atoms with Crippen LogP contribution in [0.1, 0.15) is 0 Å². The highest BCUT2D eigenvalue weighted by molar-refractivity contribution is 7.70. The van der Waals surface area contributed by atoms with Gasteiger partial charge in [-0.1, -0.05) is 12.1 Å². The standard InChI is InChI=1S/C18H24NO3P/c1-19(15-9-11-16(12-10-15)23(3,4)20)13-14-22-18-8-6-5-7-17(18)21-2/h5-12H,13-14H2,1-4H3. The summed E-state index contributed by atoms with van der Waals surface area (Å²) in [5.41, 5.74) is 1.07. The number of para-hydroxylation sites is 2. The minimum atomic E-state index is -2.20. The summed E-state index contributed by atoms with van der Waals surface area (Å²) in [7, 11) is 1.45. The molecular formula is C18H24NO3P. The highest BCUT2D eigenvalue weighted by Gasteiger charge is 2.11. The van der Waals surface area contributed by atoms with E-state index in [0.29, 0.717) is 6.61 Å². The first-order chi connectivity index (χ1) is 10.9. The summed E-state index contributed by atoms with van der Waals surface area (Å²) in [6.45, 7) is 4.87. The zero-order valence-electron chi connectivity index (χ0n) is 14.2. The van der Waals surface area contributed by atoms with Crippen molar-refractivity contribution < 1.29 is 14.0 Å². The number of methoxy groups -OCH3 is 1. The monoisotopic (exact) mass is 333 g/mol. The fraction of sp³-hybridized carbons (Fsp3) is 0.333. The van der Waals surface area contributed by atoms with E-state index in [4.69, 9.17) is 9.47 Å². The van der Waals surface area contributed by atoms with Gasteiger partial charge in [-0.3, -0.25) is 0 Å². The van der Waals surface area contributed by atoms with Crippen molar-refractivity contribution in [2.45, 2.75) is 0 Å². The van der Waals surface area contributed by atoms with Crippen molar-refractivity contribution in [2.75, 3.05) is 45.5 Å². The van der Waals surface area contributed by atoms with Gasteiger partial charge in [-0.2, -0.15) is 0 Å². The van der Waals surface area contributed by atoms with E-state index >= 15 is 0 Å². The minimum absolute atomic E-state index is 0.554. The third kappa shape index (κ3) is 4.77.